The zero-order valence-electron chi connectivity index (χ0n) is 11.6. The van der Waals surface area contributed by atoms with Crippen molar-refractivity contribution in [2.45, 2.75) is 19.4 Å². The Hall–Kier alpha value is -1.84. The van der Waals surface area contributed by atoms with Crippen molar-refractivity contribution in [1.82, 2.24) is 10.3 Å². The molecule has 0 aromatic carbocycles. The molecule has 1 N–H and O–H groups in total. The Bertz CT molecular complexity index is 553. The van der Waals surface area contributed by atoms with Crippen LogP contribution in [0.2, 0.25) is 5.02 Å². The first-order chi connectivity index (χ1) is 10.2. The van der Waals surface area contributed by atoms with Crippen molar-refractivity contribution in [1.29, 1.82) is 5.26 Å². The fourth-order valence-electron chi connectivity index (χ4n) is 2.09. The Morgan fingerprint density at radius 2 is 2.57 bits per heavy atom. The number of pyridine rings is 1. The monoisotopic (exact) mass is 309 g/mol. The number of nitrogens with zero attached hydrogens (tertiary/aromatic N) is 2. The number of rotatable bonds is 5. The van der Waals surface area contributed by atoms with E-state index in [4.69, 9.17) is 26.3 Å². The zero-order valence-corrected chi connectivity index (χ0v) is 12.4. The van der Waals surface area contributed by atoms with Crippen LogP contribution in [0.25, 0.3) is 0 Å². The van der Waals surface area contributed by atoms with E-state index >= 15 is 0 Å². The van der Waals surface area contributed by atoms with Crippen LogP contribution >= 0.6 is 11.6 Å². The SMILES string of the molecule is CCOc1ncc(C(=O)N[C@H](C#N)[C@H]2CCOC2)cc1Cl. The minimum atomic E-state index is -0.578. The first-order valence-electron chi connectivity index (χ1n) is 6.72. The van der Waals surface area contributed by atoms with Gasteiger partial charge in [0.1, 0.15) is 11.1 Å². The molecule has 1 fully saturated rings. The van der Waals surface area contributed by atoms with Crippen LogP contribution in [-0.4, -0.2) is 36.8 Å². The third-order valence-electron chi connectivity index (χ3n) is 3.21. The lowest BCUT2D eigenvalue weighted by atomic mass is 10.00. The molecular weight excluding hydrogens is 294 g/mol. The summed E-state index contributed by atoms with van der Waals surface area (Å²) in [6, 6.07) is 3.00. The summed E-state index contributed by atoms with van der Waals surface area (Å²) in [4.78, 5) is 16.1. The maximum atomic E-state index is 12.1. The number of halogens is 1. The number of amides is 1. The highest BCUT2D eigenvalue weighted by molar-refractivity contribution is 6.32. The topological polar surface area (TPSA) is 84.2 Å². The van der Waals surface area contributed by atoms with Gasteiger partial charge in [0, 0.05) is 18.7 Å². The Kier molecular flexibility index (Phi) is 5.37. The number of hydrogen-bond donors (Lipinski definition) is 1. The normalized spacial score (nSPS) is 18.8. The van der Waals surface area contributed by atoms with Gasteiger partial charge < -0.3 is 14.8 Å². The second kappa shape index (κ2) is 7.25. The van der Waals surface area contributed by atoms with Gasteiger partial charge in [-0.05, 0) is 19.4 Å². The van der Waals surface area contributed by atoms with Crippen LogP contribution in [0.3, 0.4) is 0 Å². The molecule has 1 aromatic heterocycles. The lowest BCUT2D eigenvalue weighted by molar-refractivity contribution is 0.0930. The lowest BCUT2D eigenvalue weighted by Crippen LogP contribution is -2.39. The molecule has 21 heavy (non-hydrogen) atoms. The molecule has 0 spiro atoms. The first-order valence-corrected chi connectivity index (χ1v) is 7.10. The van der Waals surface area contributed by atoms with E-state index in [2.05, 4.69) is 16.4 Å². The molecule has 1 aromatic rings. The fraction of sp³-hybridized carbons (Fsp3) is 0.500. The number of aromatic nitrogens is 1. The summed E-state index contributed by atoms with van der Waals surface area (Å²) < 4.78 is 10.4. The van der Waals surface area contributed by atoms with Crippen LogP contribution in [-0.2, 0) is 4.74 Å². The average Bonchev–Trinajstić information content (AvgIpc) is 3.01. The van der Waals surface area contributed by atoms with Crippen LogP contribution < -0.4 is 10.1 Å². The molecule has 0 saturated carbocycles. The smallest absolute Gasteiger partial charge is 0.253 e. The molecule has 6 nitrogen and oxygen atoms in total. The third kappa shape index (κ3) is 3.84. The number of ether oxygens (including phenoxy) is 2. The van der Waals surface area contributed by atoms with Crippen molar-refractivity contribution in [2.75, 3.05) is 19.8 Å². The van der Waals surface area contributed by atoms with E-state index in [1.54, 1.807) is 0 Å². The number of nitrogens with one attached hydrogen (secondary N) is 1. The third-order valence-corrected chi connectivity index (χ3v) is 3.48. The van der Waals surface area contributed by atoms with Gasteiger partial charge in [0.25, 0.3) is 5.91 Å². The lowest BCUT2D eigenvalue weighted by Gasteiger charge is -2.16. The number of nitriles is 1. The van der Waals surface area contributed by atoms with Gasteiger partial charge >= 0.3 is 0 Å². The molecule has 1 aliphatic rings. The van der Waals surface area contributed by atoms with E-state index in [1.165, 1.54) is 12.3 Å². The van der Waals surface area contributed by atoms with Crippen LogP contribution in [0.5, 0.6) is 5.88 Å². The van der Waals surface area contributed by atoms with E-state index in [0.717, 1.165) is 6.42 Å². The van der Waals surface area contributed by atoms with Gasteiger partial charge in [0.15, 0.2) is 0 Å². The minimum absolute atomic E-state index is 0.0186. The Morgan fingerprint density at radius 3 is 3.14 bits per heavy atom. The van der Waals surface area contributed by atoms with Crippen LogP contribution in [0.1, 0.15) is 23.7 Å². The van der Waals surface area contributed by atoms with Crippen molar-refractivity contribution >= 4 is 17.5 Å². The van der Waals surface area contributed by atoms with Crippen molar-refractivity contribution in [3.63, 3.8) is 0 Å². The van der Waals surface area contributed by atoms with E-state index in [-0.39, 0.29) is 22.7 Å². The summed E-state index contributed by atoms with van der Waals surface area (Å²) in [6.45, 7) is 3.37. The summed E-state index contributed by atoms with van der Waals surface area (Å²) >= 11 is 6.00. The van der Waals surface area contributed by atoms with E-state index < -0.39 is 6.04 Å². The Labute approximate surface area is 128 Å². The van der Waals surface area contributed by atoms with E-state index in [0.29, 0.717) is 25.4 Å². The molecule has 112 valence electrons. The summed E-state index contributed by atoms with van der Waals surface area (Å²) in [5, 5.41) is 12.1. The molecule has 1 aliphatic heterocycles. The molecule has 1 saturated heterocycles. The maximum Gasteiger partial charge on any atom is 0.253 e. The number of hydrogen-bond acceptors (Lipinski definition) is 5. The van der Waals surface area contributed by atoms with E-state index in [9.17, 15) is 4.79 Å². The molecule has 0 radical (unpaired) electrons. The summed E-state index contributed by atoms with van der Waals surface area (Å²) in [5.41, 5.74) is 0.294. The van der Waals surface area contributed by atoms with Crippen LogP contribution in [0.4, 0.5) is 0 Å². The Balaban J connectivity index is 2.05. The maximum absolute atomic E-state index is 12.1. The molecule has 2 rings (SSSR count). The van der Waals surface area contributed by atoms with Gasteiger partial charge in [-0.15, -0.1) is 0 Å². The number of carbonyl (C=O) groups excluding carboxylic acids is 1. The van der Waals surface area contributed by atoms with Crippen LogP contribution in [0, 0.1) is 17.2 Å². The zero-order chi connectivity index (χ0) is 15.2. The van der Waals surface area contributed by atoms with Crippen molar-refractivity contribution in [3.05, 3.63) is 22.8 Å². The van der Waals surface area contributed by atoms with Gasteiger partial charge in [-0.1, -0.05) is 11.6 Å². The highest BCUT2D eigenvalue weighted by Gasteiger charge is 2.27. The molecule has 1 amide bonds. The molecule has 0 unspecified atom stereocenters. The quantitative estimate of drug-likeness (QED) is 0.896. The molecule has 2 atom stereocenters. The number of carbonyl (C=O) groups is 1. The second-order valence-electron chi connectivity index (χ2n) is 4.65. The molecular formula is C14H16ClN3O3. The summed E-state index contributed by atoms with van der Waals surface area (Å²) in [7, 11) is 0. The second-order valence-corrected chi connectivity index (χ2v) is 5.06. The first kappa shape index (κ1) is 15.5. The predicted octanol–water partition coefficient (Wildman–Crippen LogP) is 1.79. The Morgan fingerprint density at radius 1 is 1.76 bits per heavy atom. The van der Waals surface area contributed by atoms with Crippen molar-refractivity contribution in [3.8, 4) is 11.9 Å². The molecule has 2 heterocycles. The summed E-state index contributed by atoms with van der Waals surface area (Å²) in [5.74, 6) is -0.0762. The van der Waals surface area contributed by atoms with Crippen molar-refractivity contribution < 1.29 is 14.3 Å². The highest BCUT2D eigenvalue weighted by Crippen LogP contribution is 2.23. The van der Waals surface area contributed by atoms with Gasteiger partial charge in [0.2, 0.25) is 5.88 Å². The average molecular weight is 310 g/mol. The van der Waals surface area contributed by atoms with Gasteiger partial charge in [-0.25, -0.2) is 4.98 Å². The minimum Gasteiger partial charge on any atom is -0.477 e. The summed E-state index contributed by atoms with van der Waals surface area (Å²) in [6.07, 6.45) is 2.15. The standard InChI is InChI=1S/C14H16ClN3O3/c1-2-21-14-11(15)5-10(7-17-14)13(19)18-12(6-16)9-3-4-20-8-9/h5,7,9,12H,2-4,8H2,1H3,(H,18,19)/t9-,12+/m0/s1. The van der Waals surface area contributed by atoms with Gasteiger partial charge in [-0.3, -0.25) is 4.79 Å². The van der Waals surface area contributed by atoms with Crippen molar-refractivity contribution in [2.24, 2.45) is 5.92 Å². The largest absolute Gasteiger partial charge is 0.477 e. The van der Waals surface area contributed by atoms with Crippen LogP contribution in [0.15, 0.2) is 12.3 Å². The fourth-order valence-corrected chi connectivity index (χ4v) is 2.31. The van der Waals surface area contributed by atoms with E-state index in [1.807, 2.05) is 6.92 Å². The van der Waals surface area contributed by atoms with Gasteiger partial charge in [-0.2, -0.15) is 5.26 Å². The highest BCUT2D eigenvalue weighted by atomic mass is 35.5. The molecule has 0 aliphatic carbocycles. The molecule has 0 bridgehead atoms. The van der Waals surface area contributed by atoms with Gasteiger partial charge in [0.05, 0.1) is 24.8 Å². The predicted molar refractivity (Wildman–Crippen MR) is 76.2 cm³/mol. The molecule has 7 heteroatoms.